The van der Waals surface area contributed by atoms with E-state index in [9.17, 15) is 9.90 Å². The van der Waals surface area contributed by atoms with E-state index in [4.69, 9.17) is 4.74 Å². The number of cyclic esters (lactones) is 1. The van der Waals surface area contributed by atoms with Crippen molar-refractivity contribution in [1.29, 1.82) is 0 Å². The predicted molar refractivity (Wildman–Crippen MR) is 101 cm³/mol. The molecule has 1 atom stereocenters. The van der Waals surface area contributed by atoms with E-state index in [1.807, 2.05) is 24.4 Å². The Hall–Kier alpha value is -2.30. The maximum absolute atomic E-state index is 11.8. The molecule has 2 heterocycles. The Labute approximate surface area is 155 Å². The number of hydrogen-bond donors (Lipinski definition) is 1. The standard InChI is InChI=1S/C21H28N2O3/c1-20(2,3)14-11-13(12-15(18(14)24)21(4,5)6)16-7-9-23(22-16)17-8-10-26-19(17)25/h7,9,11-12,17,24H,8,10H2,1-6H3. The summed E-state index contributed by atoms with van der Waals surface area (Å²) < 4.78 is 6.73. The Kier molecular flexibility index (Phi) is 4.37. The normalized spacial score (nSPS) is 18.2. The van der Waals surface area contributed by atoms with Gasteiger partial charge in [0.05, 0.1) is 12.3 Å². The Bertz CT molecular complexity index is 803. The van der Waals surface area contributed by atoms with Crippen molar-refractivity contribution in [3.63, 3.8) is 0 Å². The molecule has 0 saturated carbocycles. The second-order valence-corrected chi connectivity index (χ2v) is 9.07. The molecule has 0 spiro atoms. The molecule has 0 aliphatic carbocycles. The number of phenols is 1. The van der Waals surface area contributed by atoms with Crippen molar-refractivity contribution in [2.45, 2.75) is 64.8 Å². The zero-order valence-corrected chi connectivity index (χ0v) is 16.5. The molecule has 3 rings (SSSR count). The van der Waals surface area contributed by atoms with E-state index < -0.39 is 0 Å². The number of ether oxygens (including phenoxy) is 1. The topological polar surface area (TPSA) is 64.4 Å². The summed E-state index contributed by atoms with van der Waals surface area (Å²) >= 11 is 0. The van der Waals surface area contributed by atoms with Gasteiger partial charge in [-0.1, -0.05) is 41.5 Å². The van der Waals surface area contributed by atoms with Gasteiger partial charge in [0.2, 0.25) is 0 Å². The highest BCUT2D eigenvalue weighted by Crippen LogP contribution is 2.41. The molecule has 0 amide bonds. The van der Waals surface area contributed by atoms with Crippen LogP contribution in [0.1, 0.15) is 65.1 Å². The largest absolute Gasteiger partial charge is 0.507 e. The SMILES string of the molecule is CC(C)(C)c1cc(-c2ccn(C3CCOC3=O)n2)cc(C(C)(C)C)c1O. The maximum Gasteiger partial charge on any atom is 0.331 e. The van der Waals surface area contributed by atoms with Crippen molar-refractivity contribution in [2.24, 2.45) is 0 Å². The summed E-state index contributed by atoms with van der Waals surface area (Å²) in [5.74, 6) is 0.128. The number of rotatable bonds is 2. The van der Waals surface area contributed by atoms with Gasteiger partial charge in [0.1, 0.15) is 5.75 Å². The molecule has 5 heteroatoms. The van der Waals surface area contributed by atoms with Gasteiger partial charge in [-0.05, 0) is 29.0 Å². The minimum absolute atomic E-state index is 0.197. The second-order valence-electron chi connectivity index (χ2n) is 9.07. The van der Waals surface area contributed by atoms with E-state index in [0.717, 1.165) is 22.4 Å². The lowest BCUT2D eigenvalue weighted by Crippen LogP contribution is -2.17. The van der Waals surface area contributed by atoms with E-state index >= 15 is 0 Å². The van der Waals surface area contributed by atoms with Crippen LogP contribution in [0.5, 0.6) is 5.75 Å². The van der Waals surface area contributed by atoms with Gasteiger partial charge in [-0.15, -0.1) is 0 Å². The number of aromatic nitrogens is 2. The average Bonchev–Trinajstić information content (AvgIpc) is 3.13. The van der Waals surface area contributed by atoms with Crippen molar-refractivity contribution in [3.8, 4) is 17.0 Å². The monoisotopic (exact) mass is 356 g/mol. The molecule has 0 radical (unpaired) electrons. The molecule has 1 unspecified atom stereocenters. The Morgan fingerprint density at radius 3 is 2.15 bits per heavy atom. The Morgan fingerprint density at radius 1 is 1.12 bits per heavy atom. The van der Waals surface area contributed by atoms with E-state index in [0.29, 0.717) is 18.8 Å². The third-order valence-electron chi connectivity index (χ3n) is 4.86. The highest BCUT2D eigenvalue weighted by atomic mass is 16.5. The maximum atomic E-state index is 11.8. The molecule has 1 fully saturated rings. The lowest BCUT2D eigenvalue weighted by Gasteiger charge is -2.28. The summed E-state index contributed by atoms with van der Waals surface area (Å²) in [6.07, 6.45) is 2.48. The van der Waals surface area contributed by atoms with Crippen LogP contribution in [0.3, 0.4) is 0 Å². The Balaban J connectivity index is 2.11. The molecule has 1 aromatic heterocycles. The highest BCUT2D eigenvalue weighted by Gasteiger charge is 2.30. The number of carbonyl (C=O) groups is 1. The van der Waals surface area contributed by atoms with Crippen LogP contribution in [0.25, 0.3) is 11.3 Å². The first kappa shape index (κ1) is 18.5. The van der Waals surface area contributed by atoms with Gasteiger partial charge in [0.15, 0.2) is 6.04 Å². The van der Waals surface area contributed by atoms with Crippen molar-refractivity contribution in [3.05, 3.63) is 35.5 Å². The molecule has 1 aliphatic heterocycles. The van der Waals surface area contributed by atoms with E-state index in [1.54, 1.807) is 4.68 Å². The second kappa shape index (κ2) is 6.15. The third-order valence-corrected chi connectivity index (χ3v) is 4.86. The van der Waals surface area contributed by atoms with Crippen LogP contribution < -0.4 is 0 Å². The minimum atomic E-state index is -0.343. The number of carbonyl (C=O) groups excluding carboxylic acids is 1. The fourth-order valence-electron chi connectivity index (χ4n) is 3.32. The molecular weight excluding hydrogens is 328 g/mol. The number of benzene rings is 1. The van der Waals surface area contributed by atoms with Crippen LogP contribution in [0.15, 0.2) is 24.4 Å². The number of aromatic hydroxyl groups is 1. The third kappa shape index (κ3) is 3.35. The molecular formula is C21H28N2O3. The van der Waals surface area contributed by atoms with Crippen LogP contribution in [0.2, 0.25) is 0 Å². The van der Waals surface area contributed by atoms with Crippen molar-refractivity contribution >= 4 is 5.97 Å². The minimum Gasteiger partial charge on any atom is -0.507 e. The van der Waals surface area contributed by atoms with E-state index in [1.165, 1.54) is 0 Å². The van der Waals surface area contributed by atoms with Crippen LogP contribution in [-0.2, 0) is 20.4 Å². The molecule has 2 aromatic rings. The summed E-state index contributed by atoms with van der Waals surface area (Å²) in [5.41, 5.74) is 3.14. The molecule has 1 aromatic carbocycles. The molecule has 26 heavy (non-hydrogen) atoms. The summed E-state index contributed by atoms with van der Waals surface area (Å²) in [4.78, 5) is 11.8. The molecule has 5 nitrogen and oxygen atoms in total. The van der Waals surface area contributed by atoms with Crippen molar-refractivity contribution in [2.75, 3.05) is 6.61 Å². The summed E-state index contributed by atoms with van der Waals surface area (Å²) in [6.45, 7) is 13.0. The predicted octanol–water partition coefficient (Wildman–Crippen LogP) is 4.34. The fraction of sp³-hybridized carbons (Fsp3) is 0.524. The van der Waals surface area contributed by atoms with Crippen LogP contribution in [-0.4, -0.2) is 27.5 Å². The van der Waals surface area contributed by atoms with Crippen LogP contribution >= 0.6 is 0 Å². The van der Waals surface area contributed by atoms with E-state index in [2.05, 4.69) is 46.6 Å². The lowest BCUT2D eigenvalue weighted by atomic mass is 9.78. The van der Waals surface area contributed by atoms with Crippen molar-refractivity contribution < 1.29 is 14.6 Å². The molecule has 1 aliphatic rings. The first-order chi connectivity index (χ1) is 12.0. The summed E-state index contributed by atoms with van der Waals surface area (Å²) in [6, 6.07) is 5.58. The number of hydrogen-bond acceptors (Lipinski definition) is 4. The number of esters is 1. The van der Waals surface area contributed by atoms with E-state index in [-0.39, 0.29) is 22.8 Å². The van der Waals surface area contributed by atoms with Crippen molar-refractivity contribution in [1.82, 2.24) is 9.78 Å². The molecule has 1 saturated heterocycles. The van der Waals surface area contributed by atoms with Gasteiger partial charge < -0.3 is 9.84 Å². The van der Waals surface area contributed by atoms with Crippen LogP contribution in [0, 0.1) is 0 Å². The zero-order chi connectivity index (χ0) is 19.3. The smallest absolute Gasteiger partial charge is 0.331 e. The Morgan fingerprint density at radius 2 is 1.69 bits per heavy atom. The van der Waals surface area contributed by atoms with Gasteiger partial charge in [-0.2, -0.15) is 5.10 Å². The van der Waals surface area contributed by atoms with Crippen LogP contribution in [0.4, 0.5) is 0 Å². The highest BCUT2D eigenvalue weighted by molar-refractivity contribution is 5.76. The first-order valence-electron chi connectivity index (χ1n) is 9.08. The van der Waals surface area contributed by atoms with Gasteiger partial charge in [0, 0.05) is 29.3 Å². The van der Waals surface area contributed by atoms with Gasteiger partial charge in [-0.3, -0.25) is 4.68 Å². The summed E-state index contributed by atoms with van der Waals surface area (Å²) in [5, 5.41) is 15.5. The van der Waals surface area contributed by atoms with Gasteiger partial charge >= 0.3 is 5.97 Å². The zero-order valence-electron chi connectivity index (χ0n) is 16.5. The number of phenolic OH excluding ortho intramolecular Hbond substituents is 1. The average molecular weight is 356 g/mol. The number of nitrogens with zero attached hydrogens (tertiary/aromatic N) is 2. The quantitative estimate of drug-likeness (QED) is 0.813. The molecule has 0 bridgehead atoms. The van der Waals surface area contributed by atoms with Gasteiger partial charge in [0.25, 0.3) is 0 Å². The first-order valence-corrected chi connectivity index (χ1v) is 9.08. The van der Waals surface area contributed by atoms with Gasteiger partial charge in [-0.25, -0.2) is 4.79 Å². The molecule has 1 N–H and O–H groups in total. The summed E-state index contributed by atoms with van der Waals surface area (Å²) in [7, 11) is 0. The lowest BCUT2D eigenvalue weighted by molar-refractivity contribution is -0.140. The fourth-order valence-corrected chi connectivity index (χ4v) is 3.32. The molecule has 140 valence electrons.